The molecule has 0 rings (SSSR count). The van der Waals surface area contributed by atoms with Crippen LogP contribution in [0, 0.1) is 17.3 Å². The van der Waals surface area contributed by atoms with Crippen molar-refractivity contribution in [3.8, 4) is 0 Å². The molecule has 2 atom stereocenters. The van der Waals surface area contributed by atoms with Crippen molar-refractivity contribution in [2.75, 3.05) is 13.6 Å². The van der Waals surface area contributed by atoms with Gasteiger partial charge in [0.25, 0.3) is 0 Å². The Morgan fingerprint density at radius 3 is 2.16 bits per heavy atom. The average Bonchev–Trinajstić information content (AvgIpc) is 2.21. The molecule has 0 aliphatic heterocycles. The number of hydrogen-bond donors (Lipinski definition) is 1. The summed E-state index contributed by atoms with van der Waals surface area (Å²) in [5, 5.41) is 0. The molecule has 0 bridgehead atoms. The van der Waals surface area contributed by atoms with Crippen molar-refractivity contribution in [3.05, 3.63) is 0 Å². The first-order valence-electron chi connectivity index (χ1n) is 7.52. The lowest BCUT2D eigenvalue weighted by molar-refractivity contribution is -0.131. The molecular formula is C16H34N2O. The van der Waals surface area contributed by atoms with E-state index in [-0.39, 0.29) is 17.4 Å². The maximum Gasteiger partial charge on any atom is 0.222 e. The highest BCUT2D eigenvalue weighted by Gasteiger charge is 2.20. The zero-order valence-electron chi connectivity index (χ0n) is 14.0. The van der Waals surface area contributed by atoms with Crippen LogP contribution in [0.25, 0.3) is 0 Å². The lowest BCUT2D eigenvalue weighted by Crippen LogP contribution is -2.35. The SMILES string of the molecule is CC(CC(=O)N(C)CCC(N)C(C)C)CC(C)(C)C. The summed E-state index contributed by atoms with van der Waals surface area (Å²) in [5.74, 6) is 1.16. The maximum absolute atomic E-state index is 12.1. The lowest BCUT2D eigenvalue weighted by Gasteiger charge is -2.26. The fourth-order valence-electron chi connectivity index (χ4n) is 2.37. The van der Waals surface area contributed by atoms with Gasteiger partial charge < -0.3 is 10.6 Å². The fraction of sp³-hybridized carbons (Fsp3) is 0.938. The summed E-state index contributed by atoms with van der Waals surface area (Å²) in [4.78, 5) is 13.9. The van der Waals surface area contributed by atoms with Gasteiger partial charge in [-0.25, -0.2) is 0 Å². The molecule has 0 spiro atoms. The van der Waals surface area contributed by atoms with Gasteiger partial charge in [-0.05, 0) is 30.1 Å². The van der Waals surface area contributed by atoms with Gasteiger partial charge in [0, 0.05) is 26.1 Å². The summed E-state index contributed by atoms with van der Waals surface area (Å²) in [6.45, 7) is 13.8. The molecular weight excluding hydrogens is 236 g/mol. The highest BCUT2D eigenvalue weighted by atomic mass is 16.2. The maximum atomic E-state index is 12.1. The van der Waals surface area contributed by atoms with Gasteiger partial charge in [0.2, 0.25) is 5.91 Å². The van der Waals surface area contributed by atoms with E-state index in [1.165, 1.54) is 0 Å². The molecule has 19 heavy (non-hydrogen) atoms. The molecule has 114 valence electrons. The van der Waals surface area contributed by atoms with Crippen LogP contribution in [0.2, 0.25) is 0 Å². The smallest absolute Gasteiger partial charge is 0.222 e. The summed E-state index contributed by atoms with van der Waals surface area (Å²) in [6.07, 6.45) is 2.61. The summed E-state index contributed by atoms with van der Waals surface area (Å²) in [5.41, 5.74) is 6.30. The number of nitrogens with two attached hydrogens (primary N) is 1. The normalized spacial score (nSPS) is 15.4. The molecule has 3 heteroatoms. The van der Waals surface area contributed by atoms with Crippen LogP contribution in [-0.2, 0) is 4.79 Å². The van der Waals surface area contributed by atoms with E-state index in [0.717, 1.165) is 19.4 Å². The lowest BCUT2D eigenvalue weighted by atomic mass is 9.84. The summed E-state index contributed by atoms with van der Waals surface area (Å²) in [7, 11) is 1.89. The Balaban J connectivity index is 4.07. The largest absolute Gasteiger partial charge is 0.346 e. The first-order valence-corrected chi connectivity index (χ1v) is 7.52. The molecule has 0 aromatic carbocycles. The third kappa shape index (κ3) is 9.04. The van der Waals surface area contributed by atoms with Gasteiger partial charge >= 0.3 is 0 Å². The first kappa shape index (κ1) is 18.4. The van der Waals surface area contributed by atoms with Crippen LogP contribution >= 0.6 is 0 Å². The Bertz CT molecular complexity index is 268. The van der Waals surface area contributed by atoms with Gasteiger partial charge in [0.1, 0.15) is 0 Å². The van der Waals surface area contributed by atoms with Gasteiger partial charge in [-0.2, -0.15) is 0 Å². The van der Waals surface area contributed by atoms with E-state index in [2.05, 4.69) is 41.5 Å². The number of hydrogen-bond acceptors (Lipinski definition) is 2. The van der Waals surface area contributed by atoms with Crippen molar-refractivity contribution < 1.29 is 4.79 Å². The number of rotatable bonds is 7. The molecule has 1 amide bonds. The van der Waals surface area contributed by atoms with Gasteiger partial charge in [0.05, 0.1) is 0 Å². The molecule has 0 fully saturated rings. The van der Waals surface area contributed by atoms with E-state index in [4.69, 9.17) is 5.73 Å². The molecule has 0 aromatic rings. The highest BCUT2D eigenvalue weighted by Crippen LogP contribution is 2.26. The zero-order chi connectivity index (χ0) is 15.2. The second kappa shape index (κ2) is 7.88. The minimum atomic E-state index is 0.183. The Morgan fingerprint density at radius 1 is 1.21 bits per heavy atom. The molecule has 3 nitrogen and oxygen atoms in total. The average molecular weight is 270 g/mol. The van der Waals surface area contributed by atoms with Crippen LogP contribution in [0.5, 0.6) is 0 Å². The number of carbonyl (C=O) groups excluding carboxylic acids is 1. The topological polar surface area (TPSA) is 46.3 Å². The van der Waals surface area contributed by atoms with Crippen molar-refractivity contribution in [2.24, 2.45) is 23.0 Å². The second-order valence-corrected chi connectivity index (χ2v) is 7.59. The van der Waals surface area contributed by atoms with Crippen molar-refractivity contribution in [1.29, 1.82) is 0 Å². The number of amides is 1. The molecule has 2 unspecified atom stereocenters. The van der Waals surface area contributed by atoms with Crippen molar-refractivity contribution in [2.45, 2.75) is 66.8 Å². The third-order valence-electron chi connectivity index (χ3n) is 3.56. The van der Waals surface area contributed by atoms with E-state index in [1.54, 1.807) is 0 Å². The molecule has 0 saturated carbocycles. The monoisotopic (exact) mass is 270 g/mol. The standard InChI is InChI=1S/C16H34N2O/c1-12(2)14(17)8-9-18(7)15(19)10-13(3)11-16(4,5)6/h12-14H,8-11,17H2,1-7H3. The van der Waals surface area contributed by atoms with Crippen LogP contribution in [0.15, 0.2) is 0 Å². The van der Waals surface area contributed by atoms with Crippen molar-refractivity contribution in [3.63, 3.8) is 0 Å². The summed E-state index contributed by atoms with van der Waals surface area (Å²) >= 11 is 0. The zero-order valence-corrected chi connectivity index (χ0v) is 14.0. The fourth-order valence-corrected chi connectivity index (χ4v) is 2.37. The van der Waals surface area contributed by atoms with Gasteiger partial charge in [0.15, 0.2) is 0 Å². The van der Waals surface area contributed by atoms with Gasteiger partial charge in [-0.15, -0.1) is 0 Å². The van der Waals surface area contributed by atoms with Crippen LogP contribution in [-0.4, -0.2) is 30.4 Å². The van der Waals surface area contributed by atoms with E-state index < -0.39 is 0 Å². The van der Waals surface area contributed by atoms with Crippen LogP contribution in [0.4, 0.5) is 0 Å². The van der Waals surface area contributed by atoms with Gasteiger partial charge in [-0.1, -0.05) is 41.5 Å². The summed E-state index contributed by atoms with van der Waals surface area (Å²) in [6, 6.07) is 0.183. The number of nitrogens with zero attached hydrogens (tertiary/aromatic N) is 1. The van der Waals surface area contributed by atoms with E-state index in [9.17, 15) is 4.79 Å². The Morgan fingerprint density at radius 2 is 1.74 bits per heavy atom. The van der Waals surface area contributed by atoms with E-state index in [1.807, 2.05) is 11.9 Å². The minimum Gasteiger partial charge on any atom is -0.346 e. The first-order chi connectivity index (χ1) is 8.53. The van der Waals surface area contributed by atoms with E-state index in [0.29, 0.717) is 18.3 Å². The highest BCUT2D eigenvalue weighted by molar-refractivity contribution is 5.76. The van der Waals surface area contributed by atoms with Crippen LogP contribution < -0.4 is 5.73 Å². The minimum absolute atomic E-state index is 0.183. The molecule has 0 saturated heterocycles. The van der Waals surface area contributed by atoms with Crippen molar-refractivity contribution in [1.82, 2.24) is 4.90 Å². The second-order valence-electron chi connectivity index (χ2n) is 7.59. The van der Waals surface area contributed by atoms with E-state index >= 15 is 0 Å². The molecule has 0 aliphatic carbocycles. The third-order valence-corrected chi connectivity index (χ3v) is 3.56. The quantitative estimate of drug-likeness (QED) is 0.771. The van der Waals surface area contributed by atoms with Crippen LogP contribution in [0.3, 0.4) is 0 Å². The molecule has 0 aliphatic rings. The Kier molecular flexibility index (Phi) is 7.65. The van der Waals surface area contributed by atoms with Crippen molar-refractivity contribution >= 4 is 5.91 Å². The Hall–Kier alpha value is -0.570. The number of carbonyl (C=O) groups is 1. The van der Waals surface area contributed by atoms with Crippen LogP contribution in [0.1, 0.15) is 60.8 Å². The Labute approximate surface area is 119 Å². The molecule has 0 radical (unpaired) electrons. The molecule has 2 N–H and O–H groups in total. The summed E-state index contributed by atoms with van der Waals surface area (Å²) < 4.78 is 0. The van der Waals surface area contributed by atoms with Gasteiger partial charge in [-0.3, -0.25) is 4.79 Å². The molecule has 0 aromatic heterocycles. The molecule has 0 heterocycles. The predicted octanol–water partition coefficient (Wildman–Crippen LogP) is 3.28. The predicted molar refractivity (Wildman–Crippen MR) is 82.9 cm³/mol.